The molecule has 0 spiro atoms. The SMILES string of the molecule is Nc1ccc2cnc(-c3ccc4c(c3)CCO4)nc2c1. The summed E-state index contributed by atoms with van der Waals surface area (Å²) >= 11 is 0. The monoisotopic (exact) mass is 263 g/mol. The van der Waals surface area contributed by atoms with E-state index in [1.165, 1.54) is 5.56 Å². The van der Waals surface area contributed by atoms with Crippen molar-refractivity contribution in [2.45, 2.75) is 6.42 Å². The Bertz CT molecular complexity index is 814. The summed E-state index contributed by atoms with van der Waals surface area (Å²) in [5.41, 5.74) is 9.62. The molecular weight excluding hydrogens is 250 g/mol. The average molecular weight is 263 g/mol. The van der Waals surface area contributed by atoms with Gasteiger partial charge in [-0.2, -0.15) is 0 Å². The Kier molecular flexibility index (Phi) is 2.36. The Hall–Kier alpha value is -2.62. The molecule has 0 radical (unpaired) electrons. The molecule has 0 saturated carbocycles. The van der Waals surface area contributed by atoms with Gasteiger partial charge in [0.1, 0.15) is 5.75 Å². The summed E-state index contributed by atoms with van der Waals surface area (Å²) < 4.78 is 5.52. The highest BCUT2D eigenvalue weighted by Crippen LogP contribution is 2.29. The lowest BCUT2D eigenvalue weighted by Crippen LogP contribution is -1.92. The number of aromatic nitrogens is 2. The molecule has 4 heteroatoms. The van der Waals surface area contributed by atoms with Gasteiger partial charge in [-0.15, -0.1) is 0 Å². The highest BCUT2D eigenvalue weighted by atomic mass is 16.5. The highest BCUT2D eigenvalue weighted by Gasteiger charge is 2.13. The molecule has 1 aliphatic rings. The van der Waals surface area contributed by atoms with Crippen LogP contribution in [-0.2, 0) is 6.42 Å². The van der Waals surface area contributed by atoms with E-state index < -0.39 is 0 Å². The van der Waals surface area contributed by atoms with Crippen LogP contribution in [0.1, 0.15) is 5.56 Å². The summed E-state index contributed by atoms with van der Waals surface area (Å²) in [5, 5.41) is 0.993. The largest absolute Gasteiger partial charge is 0.493 e. The maximum atomic E-state index is 5.81. The Morgan fingerprint density at radius 2 is 2.05 bits per heavy atom. The molecule has 2 aromatic carbocycles. The zero-order valence-electron chi connectivity index (χ0n) is 10.8. The van der Waals surface area contributed by atoms with Gasteiger partial charge in [0.15, 0.2) is 5.82 Å². The second-order valence-corrected chi connectivity index (χ2v) is 4.93. The second-order valence-electron chi connectivity index (χ2n) is 4.93. The predicted molar refractivity (Wildman–Crippen MR) is 78.6 cm³/mol. The van der Waals surface area contributed by atoms with Crippen LogP contribution in [-0.4, -0.2) is 16.6 Å². The van der Waals surface area contributed by atoms with Crippen LogP contribution in [0, 0.1) is 0 Å². The standard InChI is InChI=1S/C16H13N3O/c17-13-3-1-12-9-18-16(19-14(12)8-13)11-2-4-15-10(7-11)5-6-20-15/h1-4,7-9H,5-6,17H2. The Morgan fingerprint density at radius 3 is 3.00 bits per heavy atom. The molecule has 0 amide bonds. The summed E-state index contributed by atoms with van der Waals surface area (Å²) in [5.74, 6) is 1.69. The number of nitrogens with two attached hydrogens (primary N) is 1. The normalized spacial score (nSPS) is 13.2. The van der Waals surface area contributed by atoms with Gasteiger partial charge in [0.2, 0.25) is 0 Å². The molecule has 0 unspecified atom stereocenters. The van der Waals surface area contributed by atoms with Crippen molar-refractivity contribution in [2.75, 3.05) is 12.3 Å². The minimum atomic E-state index is 0.713. The molecule has 0 aliphatic carbocycles. The molecule has 1 aliphatic heterocycles. The first-order valence-electron chi connectivity index (χ1n) is 6.58. The zero-order valence-corrected chi connectivity index (χ0v) is 10.8. The van der Waals surface area contributed by atoms with Gasteiger partial charge in [-0.05, 0) is 42.0 Å². The number of hydrogen-bond acceptors (Lipinski definition) is 4. The molecule has 0 fully saturated rings. The number of anilines is 1. The third-order valence-electron chi connectivity index (χ3n) is 3.55. The number of nitrogens with zero attached hydrogens (tertiary/aromatic N) is 2. The average Bonchev–Trinajstić information content (AvgIpc) is 2.93. The molecule has 20 heavy (non-hydrogen) atoms. The lowest BCUT2D eigenvalue weighted by Gasteiger charge is -2.05. The lowest BCUT2D eigenvalue weighted by atomic mass is 10.1. The van der Waals surface area contributed by atoms with Gasteiger partial charge >= 0.3 is 0 Å². The maximum absolute atomic E-state index is 5.81. The van der Waals surface area contributed by atoms with Crippen molar-refractivity contribution in [2.24, 2.45) is 0 Å². The summed E-state index contributed by atoms with van der Waals surface area (Å²) in [6, 6.07) is 11.8. The second kappa shape index (κ2) is 4.20. The van der Waals surface area contributed by atoms with Gasteiger partial charge in [-0.1, -0.05) is 0 Å². The van der Waals surface area contributed by atoms with E-state index in [-0.39, 0.29) is 0 Å². The van der Waals surface area contributed by atoms with E-state index in [1.54, 1.807) is 0 Å². The third kappa shape index (κ3) is 1.77. The van der Waals surface area contributed by atoms with Crippen LogP contribution in [0.2, 0.25) is 0 Å². The molecular formula is C16H13N3O. The number of hydrogen-bond donors (Lipinski definition) is 1. The van der Waals surface area contributed by atoms with Crippen LogP contribution < -0.4 is 10.5 Å². The summed E-state index contributed by atoms with van der Waals surface area (Å²) in [6.45, 7) is 0.758. The number of fused-ring (bicyclic) bond motifs is 2. The number of rotatable bonds is 1. The van der Waals surface area contributed by atoms with Gasteiger partial charge in [0, 0.05) is 29.3 Å². The fraction of sp³-hybridized carbons (Fsp3) is 0.125. The summed E-state index contributed by atoms with van der Waals surface area (Å²) in [7, 11) is 0. The van der Waals surface area contributed by atoms with E-state index in [2.05, 4.69) is 16.0 Å². The first-order valence-corrected chi connectivity index (χ1v) is 6.58. The van der Waals surface area contributed by atoms with Crippen molar-refractivity contribution < 1.29 is 4.74 Å². The Balaban J connectivity index is 1.85. The van der Waals surface area contributed by atoms with E-state index in [4.69, 9.17) is 10.5 Å². The van der Waals surface area contributed by atoms with Gasteiger partial charge < -0.3 is 10.5 Å². The van der Waals surface area contributed by atoms with E-state index in [1.807, 2.05) is 36.5 Å². The van der Waals surface area contributed by atoms with Gasteiger partial charge in [-0.25, -0.2) is 9.97 Å². The van der Waals surface area contributed by atoms with Crippen LogP contribution in [0.4, 0.5) is 5.69 Å². The van der Waals surface area contributed by atoms with E-state index in [0.29, 0.717) is 5.69 Å². The zero-order chi connectivity index (χ0) is 13.5. The van der Waals surface area contributed by atoms with Crippen molar-refractivity contribution >= 4 is 16.6 Å². The maximum Gasteiger partial charge on any atom is 0.159 e. The minimum Gasteiger partial charge on any atom is -0.493 e. The van der Waals surface area contributed by atoms with Crippen molar-refractivity contribution in [3.8, 4) is 17.1 Å². The predicted octanol–water partition coefficient (Wildman–Crippen LogP) is 2.81. The van der Waals surface area contributed by atoms with Crippen molar-refractivity contribution in [1.29, 1.82) is 0 Å². The molecule has 1 aromatic heterocycles. The number of nitrogen functional groups attached to an aromatic ring is 1. The van der Waals surface area contributed by atoms with E-state index >= 15 is 0 Å². The van der Waals surface area contributed by atoms with Crippen LogP contribution in [0.3, 0.4) is 0 Å². The topological polar surface area (TPSA) is 61.0 Å². The fourth-order valence-corrected chi connectivity index (χ4v) is 2.51. The van der Waals surface area contributed by atoms with Crippen LogP contribution >= 0.6 is 0 Å². The van der Waals surface area contributed by atoms with Crippen LogP contribution in [0.25, 0.3) is 22.3 Å². The number of benzene rings is 2. The minimum absolute atomic E-state index is 0.713. The quantitative estimate of drug-likeness (QED) is 0.686. The van der Waals surface area contributed by atoms with Crippen LogP contribution in [0.15, 0.2) is 42.6 Å². The molecule has 4 nitrogen and oxygen atoms in total. The highest BCUT2D eigenvalue weighted by molar-refractivity contribution is 5.82. The van der Waals surface area contributed by atoms with Crippen molar-refractivity contribution in [3.05, 3.63) is 48.2 Å². The lowest BCUT2D eigenvalue weighted by molar-refractivity contribution is 0.357. The van der Waals surface area contributed by atoms with Gasteiger partial charge in [-0.3, -0.25) is 0 Å². The molecule has 0 saturated heterocycles. The molecule has 3 aromatic rings. The van der Waals surface area contributed by atoms with Crippen molar-refractivity contribution in [1.82, 2.24) is 9.97 Å². The Labute approximate surface area is 116 Å². The van der Waals surface area contributed by atoms with Crippen LogP contribution in [0.5, 0.6) is 5.75 Å². The van der Waals surface area contributed by atoms with Gasteiger partial charge in [0.05, 0.1) is 12.1 Å². The fourth-order valence-electron chi connectivity index (χ4n) is 2.51. The molecule has 2 heterocycles. The third-order valence-corrected chi connectivity index (χ3v) is 3.55. The molecule has 0 atom stereocenters. The smallest absolute Gasteiger partial charge is 0.159 e. The Morgan fingerprint density at radius 1 is 1.10 bits per heavy atom. The van der Waals surface area contributed by atoms with Crippen molar-refractivity contribution in [3.63, 3.8) is 0 Å². The van der Waals surface area contributed by atoms with E-state index in [0.717, 1.165) is 41.1 Å². The molecule has 98 valence electrons. The summed E-state index contributed by atoms with van der Waals surface area (Å²) in [4.78, 5) is 9.04. The molecule has 4 rings (SSSR count). The van der Waals surface area contributed by atoms with Gasteiger partial charge in [0.25, 0.3) is 0 Å². The first-order chi connectivity index (χ1) is 9.79. The molecule has 0 bridgehead atoms. The first kappa shape index (κ1) is 11.2. The number of ether oxygens (including phenoxy) is 1. The summed E-state index contributed by atoms with van der Waals surface area (Å²) in [6.07, 6.45) is 2.78. The molecule has 2 N–H and O–H groups in total. The van der Waals surface area contributed by atoms with E-state index in [9.17, 15) is 0 Å².